The Bertz CT molecular complexity index is 264. The Morgan fingerprint density at radius 1 is 1.28 bits per heavy atom. The first-order chi connectivity index (χ1) is 8.78. The highest BCUT2D eigenvalue weighted by Crippen LogP contribution is 2.17. The molecule has 0 aromatic carbocycles. The maximum absolute atomic E-state index is 11.9. The lowest BCUT2D eigenvalue weighted by atomic mass is 9.94. The van der Waals surface area contributed by atoms with Gasteiger partial charge in [-0.15, -0.1) is 0 Å². The lowest BCUT2D eigenvalue weighted by Crippen LogP contribution is -2.34. The van der Waals surface area contributed by atoms with E-state index in [1.54, 1.807) is 0 Å². The van der Waals surface area contributed by atoms with Gasteiger partial charge in [0, 0.05) is 19.5 Å². The van der Waals surface area contributed by atoms with E-state index in [-0.39, 0.29) is 5.91 Å². The summed E-state index contributed by atoms with van der Waals surface area (Å²) >= 11 is 0. The van der Waals surface area contributed by atoms with Gasteiger partial charge in [-0.3, -0.25) is 4.79 Å². The van der Waals surface area contributed by atoms with Gasteiger partial charge < -0.3 is 15.5 Å². The molecule has 0 spiro atoms. The summed E-state index contributed by atoms with van der Waals surface area (Å²) in [6, 6.07) is 0. The number of likely N-dealkylation sites (tertiary alicyclic amines) is 1. The number of amides is 1. The minimum Gasteiger partial charge on any atom is -0.356 e. The smallest absolute Gasteiger partial charge is 0.220 e. The Kier molecular flexibility index (Phi) is 5.45. The van der Waals surface area contributed by atoms with Crippen LogP contribution < -0.4 is 10.6 Å². The average Bonchev–Trinajstić information content (AvgIpc) is 2.85. The fourth-order valence-electron chi connectivity index (χ4n) is 3.05. The highest BCUT2D eigenvalue weighted by Gasteiger charge is 2.22. The van der Waals surface area contributed by atoms with Crippen LogP contribution in [0.25, 0.3) is 0 Å². The second-order valence-electron chi connectivity index (χ2n) is 5.75. The van der Waals surface area contributed by atoms with Gasteiger partial charge in [0.15, 0.2) is 0 Å². The fourth-order valence-corrected chi connectivity index (χ4v) is 3.05. The quantitative estimate of drug-likeness (QED) is 0.763. The Hall–Kier alpha value is -0.610. The standard InChI is InChI=1S/C14H27N3O/c1-2-17-8-5-13(11-17)10-16-14(18)9-12-3-6-15-7-4-12/h12-13,15H,2-11H2,1H3,(H,16,18). The van der Waals surface area contributed by atoms with E-state index in [0.717, 1.165) is 52.0 Å². The molecule has 2 N–H and O–H groups in total. The number of carbonyl (C=O) groups excluding carboxylic acids is 1. The average molecular weight is 253 g/mol. The normalized spacial score (nSPS) is 26.4. The van der Waals surface area contributed by atoms with Gasteiger partial charge in [0.2, 0.25) is 5.91 Å². The zero-order valence-corrected chi connectivity index (χ0v) is 11.6. The molecule has 18 heavy (non-hydrogen) atoms. The minimum absolute atomic E-state index is 0.261. The van der Waals surface area contributed by atoms with Crippen molar-refractivity contribution in [3.63, 3.8) is 0 Å². The number of piperidine rings is 1. The molecule has 2 aliphatic rings. The molecule has 1 unspecified atom stereocenters. The maximum Gasteiger partial charge on any atom is 0.220 e. The van der Waals surface area contributed by atoms with Crippen LogP contribution in [0.5, 0.6) is 0 Å². The molecule has 1 atom stereocenters. The molecule has 2 saturated heterocycles. The first-order valence-corrected chi connectivity index (χ1v) is 7.47. The number of nitrogens with one attached hydrogen (secondary N) is 2. The van der Waals surface area contributed by atoms with Crippen molar-refractivity contribution < 1.29 is 4.79 Å². The second-order valence-corrected chi connectivity index (χ2v) is 5.75. The highest BCUT2D eigenvalue weighted by molar-refractivity contribution is 5.76. The first-order valence-electron chi connectivity index (χ1n) is 7.47. The van der Waals surface area contributed by atoms with E-state index in [1.165, 1.54) is 13.0 Å². The molecule has 2 heterocycles. The number of hydrogen-bond donors (Lipinski definition) is 2. The second kappa shape index (κ2) is 7.10. The van der Waals surface area contributed by atoms with E-state index >= 15 is 0 Å². The van der Waals surface area contributed by atoms with Crippen LogP contribution in [0.3, 0.4) is 0 Å². The van der Waals surface area contributed by atoms with Crippen LogP contribution in [0.4, 0.5) is 0 Å². The van der Waals surface area contributed by atoms with Crippen molar-refractivity contribution in [2.45, 2.75) is 32.6 Å². The molecule has 0 bridgehead atoms. The molecule has 0 saturated carbocycles. The molecule has 2 rings (SSSR count). The largest absolute Gasteiger partial charge is 0.356 e. The van der Waals surface area contributed by atoms with Crippen molar-refractivity contribution in [3.8, 4) is 0 Å². The van der Waals surface area contributed by atoms with Crippen LogP contribution in [0.15, 0.2) is 0 Å². The summed E-state index contributed by atoms with van der Waals surface area (Å²) in [6.07, 6.45) is 4.27. The summed E-state index contributed by atoms with van der Waals surface area (Å²) in [5.74, 6) is 1.53. The molecule has 104 valence electrons. The van der Waals surface area contributed by atoms with Gasteiger partial charge in [-0.1, -0.05) is 6.92 Å². The SMILES string of the molecule is CCN1CCC(CNC(=O)CC2CCNCC2)C1. The summed E-state index contributed by atoms with van der Waals surface area (Å²) in [7, 11) is 0. The molecule has 2 fully saturated rings. The number of rotatable bonds is 5. The van der Waals surface area contributed by atoms with Crippen molar-refractivity contribution in [3.05, 3.63) is 0 Å². The van der Waals surface area contributed by atoms with Crippen LogP contribution in [-0.2, 0) is 4.79 Å². The van der Waals surface area contributed by atoms with Crippen molar-refractivity contribution >= 4 is 5.91 Å². The van der Waals surface area contributed by atoms with Gasteiger partial charge in [-0.05, 0) is 57.3 Å². The monoisotopic (exact) mass is 253 g/mol. The van der Waals surface area contributed by atoms with E-state index in [0.29, 0.717) is 11.8 Å². The van der Waals surface area contributed by atoms with Gasteiger partial charge in [0.05, 0.1) is 0 Å². The van der Waals surface area contributed by atoms with Crippen LogP contribution in [0.2, 0.25) is 0 Å². The Balaban J connectivity index is 1.59. The van der Waals surface area contributed by atoms with E-state index in [4.69, 9.17) is 0 Å². The molecule has 4 heteroatoms. The molecule has 2 aliphatic heterocycles. The summed E-state index contributed by atoms with van der Waals surface area (Å²) in [5, 5.41) is 6.47. The van der Waals surface area contributed by atoms with Gasteiger partial charge in [-0.25, -0.2) is 0 Å². The third kappa shape index (κ3) is 4.25. The maximum atomic E-state index is 11.9. The molecule has 1 amide bonds. The zero-order chi connectivity index (χ0) is 12.8. The van der Waals surface area contributed by atoms with Crippen LogP contribution in [0, 0.1) is 11.8 Å². The number of nitrogens with zero attached hydrogens (tertiary/aromatic N) is 1. The minimum atomic E-state index is 0.261. The van der Waals surface area contributed by atoms with Crippen molar-refractivity contribution in [1.29, 1.82) is 0 Å². The molecule has 0 radical (unpaired) electrons. The van der Waals surface area contributed by atoms with Crippen molar-refractivity contribution in [2.75, 3.05) is 39.3 Å². The Morgan fingerprint density at radius 2 is 2.06 bits per heavy atom. The van der Waals surface area contributed by atoms with E-state index in [2.05, 4.69) is 22.5 Å². The molecule has 0 aliphatic carbocycles. The molecule has 4 nitrogen and oxygen atoms in total. The summed E-state index contributed by atoms with van der Waals surface area (Å²) in [5.41, 5.74) is 0. The zero-order valence-electron chi connectivity index (χ0n) is 11.6. The Morgan fingerprint density at radius 3 is 2.72 bits per heavy atom. The third-order valence-corrected chi connectivity index (χ3v) is 4.34. The lowest BCUT2D eigenvalue weighted by molar-refractivity contribution is -0.122. The van der Waals surface area contributed by atoms with Crippen LogP contribution in [-0.4, -0.2) is 50.1 Å². The highest BCUT2D eigenvalue weighted by atomic mass is 16.1. The summed E-state index contributed by atoms with van der Waals surface area (Å²) in [6.45, 7) is 8.73. The predicted molar refractivity (Wildman–Crippen MR) is 73.4 cm³/mol. The summed E-state index contributed by atoms with van der Waals surface area (Å²) < 4.78 is 0. The number of carbonyl (C=O) groups is 1. The van der Waals surface area contributed by atoms with Crippen molar-refractivity contribution in [2.24, 2.45) is 11.8 Å². The van der Waals surface area contributed by atoms with Crippen LogP contribution >= 0.6 is 0 Å². The third-order valence-electron chi connectivity index (χ3n) is 4.34. The van der Waals surface area contributed by atoms with Crippen LogP contribution in [0.1, 0.15) is 32.6 Å². The lowest BCUT2D eigenvalue weighted by Gasteiger charge is -2.22. The van der Waals surface area contributed by atoms with Gasteiger partial charge in [0.1, 0.15) is 0 Å². The van der Waals surface area contributed by atoms with Gasteiger partial charge in [-0.2, -0.15) is 0 Å². The summed E-state index contributed by atoms with van der Waals surface area (Å²) in [4.78, 5) is 14.3. The molecule has 0 aromatic rings. The topological polar surface area (TPSA) is 44.4 Å². The predicted octanol–water partition coefficient (Wildman–Crippen LogP) is 0.834. The van der Waals surface area contributed by atoms with E-state index in [1.807, 2.05) is 0 Å². The number of hydrogen-bond acceptors (Lipinski definition) is 3. The van der Waals surface area contributed by atoms with Crippen molar-refractivity contribution in [1.82, 2.24) is 15.5 Å². The van der Waals surface area contributed by atoms with E-state index in [9.17, 15) is 4.79 Å². The van der Waals surface area contributed by atoms with Gasteiger partial charge in [0.25, 0.3) is 0 Å². The molecular formula is C14H27N3O. The molecule has 0 aromatic heterocycles. The Labute approximate surface area is 110 Å². The fraction of sp³-hybridized carbons (Fsp3) is 0.929. The van der Waals surface area contributed by atoms with E-state index < -0.39 is 0 Å². The van der Waals surface area contributed by atoms with Gasteiger partial charge >= 0.3 is 0 Å². The molecular weight excluding hydrogens is 226 g/mol. The first kappa shape index (κ1) is 13.8.